The lowest BCUT2D eigenvalue weighted by atomic mass is 9.78. The van der Waals surface area contributed by atoms with Gasteiger partial charge in [-0.2, -0.15) is 0 Å². The summed E-state index contributed by atoms with van der Waals surface area (Å²) in [5.41, 5.74) is 5.60. The average molecular weight is 377 g/mol. The van der Waals surface area contributed by atoms with Crippen LogP contribution in [0.1, 0.15) is 34.2 Å². The van der Waals surface area contributed by atoms with Crippen LogP contribution in [0.25, 0.3) is 0 Å². The first-order chi connectivity index (χ1) is 13.2. The van der Waals surface area contributed by atoms with Crippen LogP contribution in [-0.4, -0.2) is 29.2 Å². The van der Waals surface area contributed by atoms with Crippen LogP contribution in [0.15, 0.2) is 59.8 Å². The van der Waals surface area contributed by atoms with Gasteiger partial charge in [-0.1, -0.05) is 59.2 Å². The SMILES string of the molecule is O=C1[C@@H]2C(c3ccc(Cl)cc3)=NO[C@@H]2[C@H]2c3cccc4c3C(C=CC4)CN12. The Hall–Kier alpha value is -2.59. The van der Waals surface area contributed by atoms with Gasteiger partial charge in [0.05, 0.1) is 6.04 Å². The molecule has 0 aromatic heterocycles. The number of carbonyl (C=O) groups excluding carboxylic acids is 1. The molecule has 1 unspecified atom stereocenters. The molecule has 2 aromatic rings. The van der Waals surface area contributed by atoms with Gasteiger partial charge in [0.1, 0.15) is 11.6 Å². The standard InChI is InChI=1S/C22H17ClN2O2/c23-15-9-7-13(8-10-15)19-18-21(27-24-19)20-16-6-2-4-12-3-1-5-14(17(12)16)11-25(20)22(18)26/h1-2,4-10,14,18,20-21H,3,11H2/t14?,18-,20-,21+/m1/s1. The first kappa shape index (κ1) is 15.5. The van der Waals surface area contributed by atoms with E-state index in [0.29, 0.717) is 11.6 Å². The molecule has 4 nitrogen and oxygen atoms in total. The molecular weight excluding hydrogens is 360 g/mol. The number of fused-ring (bicyclic) bond motifs is 4. The predicted molar refractivity (Wildman–Crippen MR) is 103 cm³/mol. The summed E-state index contributed by atoms with van der Waals surface area (Å²) >= 11 is 6.01. The minimum Gasteiger partial charge on any atom is -0.388 e. The van der Waals surface area contributed by atoms with Gasteiger partial charge in [0.2, 0.25) is 5.91 Å². The molecule has 2 aromatic carbocycles. The van der Waals surface area contributed by atoms with Gasteiger partial charge in [0, 0.05) is 23.0 Å². The number of carbonyl (C=O) groups is 1. The molecule has 1 aliphatic carbocycles. The fraction of sp³-hybridized carbons (Fsp3) is 0.273. The van der Waals surface area contributed by atoms with E-state index in [9.17, 15) is 4.79 Å². The molecule has 0 spiro atoms. The summed E-state index contributed by atoms with van der Waals surface area (Å²) in [5.74, 6) is 0.0438. The molecule has 3 aliphatic heterocycles. The van der Waals surface area contributed by atoms with E-state index in [0.717, 1.165) is 17.7 Å². The number of hydrogen-bond donors (Lipinski definition) is 0. The predicted octanol–water partition coefficient (Wildman–Crippen LogP) is 3.85. The van der Waals surface area contributed by atoms with Gasteiger partial charge in [-0.05, 0) is 35.2 Å². The largest absolute Gasteiger partial charge is 0.388 e. The van der Waals surface area contributed by atoms with Crippen molar-refractivity contribution in [3.63, 3.8) is 0 Å². The topological polar surface area (TPSA) is 41.9 Å². The first-order valence-electron chi connectivity index (χ1n) is 9.31. The van der Waals surface area contributed by atoms with Crippen molar-refractivity contribution in [3.05, 3.63) is 81.9 Å². The van der Waals surface area contributed by atoms with Gasteiger partial charge in [-0.25, -0.2) is 0 Å². The Balaban J connectivity index is 1.44. The Morgan fingerprint density at radius 1 is 1.15 bits per heavy atom. The zero-order chi connectivity index (χ0) is 18.1. The fourth-order valence-corrected chi connectivity index (χ4v) is 5.25. The first-order valence-corrected chi connectivity index (χ1v) is 9.68. The van der Waals surface area contributed by atoms with Crippen molar-refractivity contribution in [1.29, 1.82) is 0 Å². The minimum atomic E-state index is -0.351. The zero-order valence-corrected chi connectivity index (χ0v) is 15.3. The summed E-state index contributed by atoms with van der Waals surface area (Å²) in [6.07, 6.45) is 5.16. The van der Waals surface area contributed by atoms with E-state index in [2.05, 4.69) is 35.5 Å². The smallest absolute Gasteiger partial charge is 0.236 e. The van der Waals surface area contributed by atoms with E-state index >= 15 is 0 Å². The molecule has 5 heteroatoms. The summed E-state index contributed by atoms with van der Waals surface area (Å²) in [5, 5.41) is 4.99. The van der Waals surface area contributed by atoms with Crippen LogP contribution in [0.3, 0.4) is 0 Å². The van der Waals surface area contributed by atoms with E-state index < -0.39 is 0 Å². The maximum absolute atomic E-state index is 13.4. The van der Waals surface area contributed by atoms with Gasteiger partial charge in [0.15, 0.2) is 6.10 Å². The molecule has 4 aliphatic rings. The monoisotopic (exact) mass is 376 g/mol. The summed E-state index contributed by atoms with van der Waals surface area (Å²) in [6, 6.07) is 13.8. The Labute approximate surface area is 162 Å². The number of allylic oxidation sites excluding steroid dienone is 1. The molecule has 0 radical (unpaired) electrons. The highest BCUT2D eigenvalue weighted by Gasteiger charge is 2.58. The molecule has 27 heavy (non-hydrogen) atoms. The highest BCUT2D eigenvalue weighted by molar-refractivity contribution is 6.30. The molecule has 0 bridgehead atoms. The number of halogens is 1. The van der Waals surface area contributed by atoms with Crippen molar-refractivity contribution < 1.29 is 9.63 Å². The molecule has 1 amide bonds. The normalized spacial score (nSPS) is 29.7. The fourth-order valence-electron chi connectivity index (χ4n) is 5.12. The van der Waals surface area contributed by atoms with E-state index in [1.807, 2.05) is 29.2 Å². The Bertz CT molecular complexity index is 1030. The van der Waals surface area contributed by atoms with Crippen LogP contribution < -0.4 is 0 Å². The molecule has 1 saturated heterocycles. The molecule has 3 heterocycles. The second-order valence-corrected chi connectivity index (χ2v) is 8.06. The Morgan fingerprint density at radius 3 is 2.85 bits per heavy atom. The number of nitrogens with zero attached hydrogens (tertiary/aromatic N) is 2. The van der Waals surface area contributed by atoms with E-state index in [1.54, 1.807) is 0 Å². The number of amides is 1. The quantitative estimate of drug-likeness (QED) is 0.709. The summed E-state index contributed by atoms with van der Waals surface area (Å²) < 4.78 is 0. The second-order valence-electron chi connectivity index (χ2n) is 7.63. The van der Waals surface area contributed by atoms with Crippen LogP contribution in [0.2, 0.25) is 5.02 Å². The maximum atomic E-state index is 13.4. The van der Waals surface area contributed by atoms with Crippen molar-refractivity contribution >= 4 is 23.2 Å². The molecule has 4 atom stereocenters. The van der Waals surface area contributed by atoms with Gasteiger partial charge >= 0.3 is 0 Å². The van der Waals surface area contributed by atoms with Crippen molar-refractivity contribution in [2.45, 2.75) is 24.5 Å². The van der Waals surface area contributed by atoms with Gasteiger partial charge in [0.25, 0.3) is 0 Å². The number of rotatable bonds is 1. The van der Waals surface area contributed by atoms with Crippen molar-refractivity contribution in [3.8, 4) is 0 Å². The van der Waals surface area contributed by atoms with Gasteiger partial charge in [-0.3, -0.25) is 4.79 Å². The van der Waals surface area contributed by atoms with Crippen molar-refractivity contribution in [1.82, 2.24) is 4.90 Å². The Morgan fingerprint density at radius 2 is 2.00 bits per heavy atom. The summed E-state index contributed by atoms with van der Waals surface area (Å²) in [7, 11) is 0. The van der Waals surface area contributed by atoms with Crippen LogP contribution >= 0.6 is 11.6 Å². The van der Waals surface area contributed by atoms with Crippen molar-refractivity contribution in [2.75, 3.05) is 6.54 Å². The van der Waals surface area contributed by atoms with Crippen LogP contribution in [0, 0.1) is 5.92 Å². The van der Waals surface area contributed by atoms with Gasteiger partial charge < -0.3 is 9.74 Å². The molecule has 1 fully saturated rings. The third-order valence-electron chi connectivity index (χ3n) is 6.25. The number of oxime groups is 1. The lowest BCUT2D eigenvalue weighted by molar-refractivity contribution is -0.131. The number of benzene rings is 2. The molecule has 0 saturated carbocycles. The van der Waals surface area contributed by atoms with E-state index in [4.69, 9.17) is 16.4 Å². The third-order valence-corrected chi connectivity index (χ3v) is 6.50. The summed E-state index contributed by atoms with van der Waals surface area (Å²) in [4.78, 5) is 21.2. The lowest BCUT2D eigenvalue weighted by Crippen LogP contribution is -2.40. The molecular formula is C22H17ClN2O2. The van der Waals surface area contributed by atoms with Crippen LogP contribution in [0.5, 0.6) is 0 Å². The number of hydrogen-bond acceptors (Lipinski definition) is 3. The molecule has 6 rings (SSSR count). The minimum absolute atomic E-state index is 0.0613. The average Bonchev–Trinajstić information content (AvgIpc) is 3.23. The lowest BCUT2D eigenvalue weighted by Gasteiger charge is -2.39. The second kappa shape index (κ2) is 5.46. The zero-order valence-electron chi connectivity index (χ0n) is 14.5. The van der Waals surface area contributed by atoms with Gasteiger partial charge in [-0.15, -0.1) is 0 Å². The van der Waals surface area contributed by atoms with Crippen molar-refractivity contribution in [2.24, 2.45) is 11.1 Å². The highest BCUT2D eigenvalue weighted by Crippen LogP contribution is 2.50. The Kier molecular flexibility index (Phi) is 3.13. The molecule has 134 valence electrons. The third kappa shape index (κ3) is 2.05. The van der Waals surface area contributed by atoms with Crippen LogP contribution in [-0.2, 0) is 16.1 Å². The summed E-state index contributed by atoms with van der Waals surface area (Å²) in [6.45, 7) is 0.717. The molecule has 0 N–H and O–H groups in total. The maximum Gasteiger partial charge on any atom is 0.236 e. The van der Waals surface area contributed by atoms with E-state index in [1.165, 1.54) is 16.7 Å². The van der Waals surface area contributed by atoms with Crippen LogP contribution in [0.4, 0.5) is 0 Å². The highest BCUT2D eigenvalue weighted by atomic mass is 35.5. The van der Waals surface area contributed by atoms with E-state index in [-0.39, 0.29) is 29.9 Å².